The zero-order chi connectivity index (χ0) is 13.9. The number of aromatic nitrogens is 1. The quantitative estimate of drug-likeness (QED) is 0.649. The van der Waals surface area contributed by atoms with Gasteiger partial charge < -0.3 is 0 Å². The lowest BCUT2D eigenvalue weighted by Gasteiger charge is -2.03. The van der Waals surface area contributed by atoms with Gasteiger partial charge in [-0.15, -0.1) is 0 Å². The van der Waals surface area contributed by atoms with Crippen molar-refractivity contribution in [1.82, 2.24) is 0 Å². The average Bonchev–Trinajstić information content (AvgIpc) is 2.90. The summed E-state index contributed by atoms with van der Waals surface area (Å²) in [6.45, 7) is 4.23. The van der Waals surface area contributed by atoms with Gasteiger partial charge in [0.15, 0.2) is 0 Å². The van der Waals surface area contributed by atoms with E-state index in [2.05, 4.69) is 56.3 Å². The van der Waals surface area contributed by atoms with Crippen molar-refractivity contribution in [2.45, 2.75) is 19.9 Å². The fraction of sp³-hybridized carbons (Fsp3) is 0.167. The van der Waals surface area contributed by atoms with Gasteiger partial charge >= 0.3 is 0 Å². The second-order valence-corrected chi connectivity index (χ2v) is 5.02. The highest BCUT2D eigenvalue weighted by atomic mass is 16.5. The fourth-order valence-corrected chi connectivity index (χ4v) is 2.45. The summed E-state index contributed by atoms with van der Waals surface area (Å²) in [6.07, 6.45) is 0. The Kier molecular flexibility index (Phi) is 3.38. The van der Waals surface area contributed by atoms with Crippen LogP contribution in [0.3, 0.4) is 0 Å². The molecule has 2 aromatic carbocycles. The van der Waals surface area contributed by atoms with Gasteiger partial charge in [-0.25, -0.2) is 4.52 Å². The fourth-order valence-electron chi connectivity index (χ4n) is 2.45. The third-order valence-electron chi connectivity index (χ3n) is 3.58. The van der Waals surface area contributed by atoms with Crippen molar-refractivity contribution in [2.24, 2.45) is 0 Å². The Morgan fingerprint density at radius 3 is 2.15 bits per heavy atom. The Labute approximate surface area is 119 Å². The van der Waals surface area contributed by atoms with Gasteiger partial charge in [0.1, 0.15) is 0 Å². The van der Waals surface area contributed by atoms with E-state index in [1.807, 2.05) is 29.0 Å². The topological polar surface area (TPSA) is 17.0 Å². The molecule has 1 aromatic heterocycles. The standard InChI is InChI=1S/C18H18NO/c1-14-13-18(17-11-7-4-8-12-17)20-19(14)15(2)16-9-5-3-6-10-16/h3-13,15H,1-2H3/q+1/t15-/m0/s1. The minimum Gasteiger partial charge on any atom is -0.235 e. The zero-order valence-corrected chi connectivity index (χ0v) is 11.8. The molecule has 0 saturated carbocycles. The predicted molar refractivity (Wildman–Crippen MR) is 79.3 cm³/mol. The summed E-state index contributed by atoms with van der Waals surface area (Å²) >= 11 is 0. The van der Waals surface area contributed by atoms with Gasteiger partial charge in [0, 0.05) is 25.0 Å². The molecule has 0 saturated heterocycles. The van der Waals surface area contributed by atoms with E-state index in [0.29, 0.717) is 0 Å². The van der Waals surface area contributed by atoms with Crippen LogP contribution in [0.1, 0.15) is 24.2 Å². The van der Waals surface area contributed by atoms with Gasteiger partial charge in [0.05, 0.1) is 6.07 Å². The molecule has 2 nitrogen and oxygen atoms in total. The van der Waals surface area contributed by atoms with Crippen molar-refractivity contribution >= 4 is 0 Å². The molecule has 0 N–H and O–H groups in total. The van der Waals surface area contributed by atoms with Gasteiger partial charge in [-0.3, -0.25) is 0 Å². The molecule has 2 heteroatoms. The minimum absolute atomic E-state index is 0.189. The van der Waals surface area contributed by atoms with Gasteiger partial charge in [0.25, 0.3) is 0 Å². The third kappa shape index (κ3) is 2.37. The molecule has 0 amide bonds. The molecule has 3 rings (SSSR count). The van der Waals surface area contributed by atoms with E-state index in [4.69, 9.17) is 4.52 Å². The molecule has 100 valence electrons. The minimum atomic E-state index is 0.189. The number of hydrogen-bond acceptors (Lipinski definition) is 1. The number of benzene rings is 2. The first-order chi connectivity index (χ1) is 9.75. The van der Waals surface area contributed by atoms with Crippen molar-refractivity contribution < 1.29 is 9.26 Å². The van der Waals surface area contributed by atoms with E-state index in [9.17, 15) is 0 Å². The molecule has 0 aliphatic carbocycles. The van der Waals surface area contributed by atoms with Crippen molar-refractivity contribution in [3.63, 3.8) is 0 Å². The van der Waals surface area contributed by atoms with E-state index in [-0.39, 0.29) is 6.04 Å². The first kappa shape index (κ1) is 12.7. The molecule has 1 atom stereocenters. The van der Waals surface area contributed by atoms with E-state index >= 15 is 0 Å². The van der Waals surface area contributed by atoms with E-state index < -0.39 is 0 Å². The van der Waals surface area contributed by atoms with Crippen molar-refractivity contribution in [1.29, 1.82) is 0 Å². The zero-order valence-electron chi connectivity index (χ0n) is 11.8. The molecule has 0 radical (unpaired) electrons. The van der Waals surface area contributed by atoms with Crippen molar-refractivity contribution in [3.8, 4) is 11.3 Å². The summed E-state index contributed by atoms with van der Waals surface area (Å²) < 4.78 is 8.00. The summed E-state index contributed by atoms with van der Waals surface area (Å²) in [5.41, 5.74) is 3.48. The maximum absolute atomic E-state index is 6.03. The van der Waals surface area contributed by atoms with Crippen molar-refractivity contribution in [3.05, 3.63) is 78.0 Å². The van der Waals surface area contributed by atoms with Crippen molar-refractivity contribution in [2.75, 3.05) is 0 Å². The highest BCUT2D eigenvalue weighted by Gasteiger charge is 2.24. The first-order valence-corrected chi connectivity index (χ1v) is 6.88. The highest BCUT2D eigenvalue weighted by Crippen LogP contribution is 2.21. The van der Waals surface area contributed by atoms with Crippen LogP contribution in [0.15, 0.2) is 71.3 Å². The second-order valence-electron chi connectivity index (χ2n) is 5.02. The number of rotatable bonds is 3. The monoisotopic (exact) mass is 264 g/mol. The Hall–Kier alpha value is -2.35. The molecular formula is C18H18NO+. The maximum atomic E-state index is 6.03. The van der Waals surface area contributed by atoms with Gasteiger partial charge in [-0.2, -0.15) is 0 Å². The highest BCUT2D eigenvalue weighted by molar-refractivity contribution is 5.56. The summed E-state index contributed by atoms with van der Waals surface area (Å²) in [5, 5.41) is 0. The van der Waals surface area contributed by atoms with Crippen LogP contribution < -0.4 is 4.74 Å². The molecular weight excluding hydrogens is 246 g/mol. The normalized spacial score (nSPS) is 12.3. The van der Waals surface area contributed by atoms with E-state index in [1.54, 1.807) is 0 Å². The Bertz CT molecular complexity index is 686. The molecule has 0 aliphatic rings. The van der Waals surface area contributed by atoms with Crippen LogP contribution in [0.4, 0.5) is 0 Å². The predicted octanol–water partition coefficient (Wildman–Crippen LogP) is 4.15. The lowest BCUT2D eigenvalue weighted by Crippen LogP contribution is -2.38. The molecule has 1 heterocycles. The molecule has 0 spiro atoms. The number of aryl methyl sites for hydroxylation is 1. The summed E-state index contributed by atoms with van der Waals surface area (Å²) in [5.74, 6) is 0.908. The second kappa shape index (κ2) is 5.33. The molecule has 0 unspecified atom stereocenters. The summed E-state index contributed by atoms with van der Waals surface area (Å²) in [6, 6.07) is 22.9. The van der Waals surface area contributed by atoms with Crippen LogP contribution >= 0.6 is 0 Å². The van der Waals surface area contributed by atoms with Crippen LogP contribution in [-0.4, -0.2) is 0 Å². The van der Waals surface area contributed by atoms with Gasteiger partial charge in [-0.05, 0) is 4.74 Å². The van der Waals surface area contributed by atoms with Crippen LogP contribution in [0.25, 0.3) is 11.3 Å². The number of hydrogen-bond donors (Lipinski definition) is 0. The molecule has 3 aromatic rings. The lowest BCUT2D eigenvalue weighted by atomic mass is 10.1. The molecule has 0 aliphatic heterocycles. The molecule has 0 fully saturated rings. The Balaban J connectivity index is 1.98. The summed E-state index contributed by atoms with van der Waals surface area (Å²) in [4.78, 5) is 0. The first-order valence-electron chi connectivity index (χ1n) is 6.88. The molecule has 0 bridgehead atoms. The summed E-state index contributed by atoms with van der Waals surface area (Å²) in [7, 11) is 0. The van der Waals surface area contributed by atoms with Crippen LogP contribution in [0.5, 0.6) is 0 Å². The van der Waals surface area contributed by atoms with E-state index in [1.165, 1.54) is 5.56 Å². The maximum Gasteiger partial charge on any atom is 0.229 e. The lowest BCUT2D eigenvalue weighted by molar-refractivity contribution is -0.876. The van der Waals surface area contributed by atoms with Crippen LogP contribution in [-0.2, 0) is 0 Å². The van der Waals surface area contributed by atoms with Crippen LogP contribution in [0, 0.1) is 6.92 Å². The van der Waals surface area contributed by atoms with Gasteiger partial charge in [0.2, 0.25) is 17.5 Å². The average molecular weight is 264 g/mol. The van der Waals surface area contributed by atoms with Gasteiger partial charge in [-0.1, -0.05) is 60.7 Å². The van der Waals surface area contributed by atoms with E-state index in [0.717, 1.165) is 17.0 Å². The largest absolute Gasteiger partial charge is 0.235 e. The SMILES string of the molecule is Cc1cc(-c2ccccc2)o[n+]1[C@@H](C)c1ccccc1. The number of nitrogens with zero attached hydrogens (tertiary/aromatic N) is 1. The third-order valence-corrected chi connectivity index (χ3v) is 3.58. The Morgan fingerprint density at radius 2 is 1.50 bits per heavy atom. The molecule has 20 heavy (non-hydrogen) atoms. The van der Waals surface area contributed by atoms with Crippen LogP contribution in [0.2, 0.25) is 0 Å². The smallest absolute Gasteiger partial charge is 0.229 e. The Morgan fingerprint density at radius 1 is 0.900 bits per heavy atom.